The zero-order valence-electron chi connectivity index (χ0n) is 15.2. The van der Waals surface area contributed by atoms with E-state index < -0.39 is 20.4 Å². The Kier molecular flexibility index (Phi) is 6.97. The maximum atomic E-state index is 11.5. The van der Waals surface area contributed by atoms with Gasteiger partial charge in [0.2, 0.25) is 0 Å². The van der Waals surface area contributed by atoms with Crippen molar-refractivity contribution in [3.8, 4) is 5.75 Å². The first-order chi connectivity index (χ1) is 11.0. The summed E-state index contributed by atoms with van der Waals surface area (Å²) < 4.78 is 11.5. The van der Waals surface area contributed by atoms with Crippen LogP contribution in [0.25, 0.3) is 0 Å². The Morgan fingerprint density at radius 2 is 1.79 bits per heavy atom. The molecule has 0 saturated heterocycles. The zero-order valence-corrected chi connectivity index (χ0v) is 16.2. The van der Waals surface area contributed by atoms with E-state index in [9.17, 15) is 9.90 Å². The van der Waals surface area contributed by atoms with Gasteiger partial charge in [0.15, 0.2) is 14.4 Å². The van der Waals surface area contributed by atoms with Gasteiger partial charge in [0.05, 0.1) is 0 Å². The number of carbonyl (C=O) groups is 1. The molecule has 0 saturated carbocycles. The van der Waals surface area contributed by atoms with Gasteiger partial charge in [-0.15, -0.1) is 0 Å². The van der Waals surface area contributed by atoms with E-state index in [0.717, 1.165) is 5.56 Å². The third kappa shape index (κ3) is 5.59. The number of aliphatic carboxylic acids is 1. The maximum absolute atomic E-state index is 11.5. The van der Waals surface area contributed by atoms with Crippen molar-refractivity contribution in [2.24, 2.45) is 11.5 Å². The first kappa shape index (κ1) is 20.6. The third-order valence-electron chi connectivity index (χ3n) is 4.48. The van der Waals surface area contributed by atoms with Crippen molar-refractivity contribution in [3.05, 3.63) is 29.8 Å². The Morgan fingerprint density at radius 3 is 2.21 bits per heavy atom. The third-order valence-corrected chi connectivity index (χ3v) is 8.97. The average Bonchev–Trinajstić information content (AvgIpc) is 2.49. The molecule has 0 heterocycles. The summed E-state index contributed by atoms with van der Waals surface area (Å²) in [6.07, 6.45) is -0.989. The number of ether oxygens (including phenoxy) is 1. The lowest BCUT2D eigenvalue weighted by Crippen LogP contribution is -2.47. The molecule has 5 N–H and O–H groups in total. The molecule has 0 aliphatic heterocycles. The molecule has 0 spiro atoms. The molecule has 2 atom stereocenters. The number of carboxylic acid groups (broad SMARTS) is 1. The first-order valence-electron chi connectivity index (χ1n) is 8.07. The number of nitrogens with two attached hydrogens (primary N) is 2. The van der Waals surface area contributed by atoms with Gasteiger partial charge in [-0.25, -0.2) is 4.79 Å². The van der Waals surface area contributed by atoms with Crippen molar-refractivity contribution < 1.29 is 19.1 Å². The Morgan fingerprint density at radius 1 is 1.25 bits per heavy atom. The van der Waals surface area contributed by atoms with Gasteiger partial charge in [0.1, 0.15) is 12.4 Å². The molecule has 24 heavy (non-hydrogen) atoms. The summed E-state index contributed by atoms with van der Waals surface area (Å²) in [5.41, 5.74) is 12.3. The molecule has 1 unspecified atom stereocenters. The second-order valence-electron chi connectivity index (χ2n) is 7.43. The SMILES string of the molecule is CC(C)(C)[Si](C)(C)O[C@H](COc1ccc(C(N)CN)cc1)C(=O)O. The summed E-state index contributed by atoms with van der Waals surface area (Å²) in [4.78, 5) is 11.5. The van der Waals surface area contributed by atoms with Gasteiger partial charge in [-0.3, -0.25) is 0 Å². The quantitative estimate of drug-likeness (QED) is 0.619. The lowest BCUT2D eigenvalue weighted by molar-refractivity contribution is -0.147. The monoisotopic (exact) mass is 354 g/mol. The Labute approximate surface area is 145 Å². The lowest BCUT2D eigenvalue weighted by atomic mass is 10.1. The molecular formula is C17H30N2O4Si. The second-order valence-corrected chi connectivity index (χ2v) is 12.2. The molecule has 0 aromatic heterocycles. The predicted octanol–water partition coefficient (Wildman–Crippen LogP) is 2.50. The van der Waals surface area contributed by atoms with E-state index in [1.807, 2.05) is 25.2 Å². The molecule has 1 aromatic carbocycles. The van der Waals surface area contributed by atoms with Crippen LogP contribution >= 0.6 is 0 Å². The highest BCUT2D eigenvalue weighted by molar-refractivity contribution is 6.74. The van der Waals surface area contributed by atoms with Crippen LogP contribution in [0, 0.1) is 0 Å². The molecule has 0 radical (unpaired) electrons. The van der Waals surface area contributed by atoms with E-state index in [1.165, 1.54) is 0 Å². The summed E-state index contributed by atoms with van der Waals surface area (Å²) in [6.45, 7) is 10.6. The van der Waals surface area contributed by atoms with Crippen LogP contribution in [0.2, 0.25) is 18.1 Å². The minimum Gasteiger partial charge on any atom is -0.490 e. The normalized spacial score (nSPS) is 15.0. The van der Waals surface area contributed by atoms with Crippen molar-refractivity contribution in [2.45, 2.75) is 51.0 Å². The summed E-state index contributed by atoms with van der Waals surface area (Å²) in [6, 6.07) is 6.97. The molecular weight excluding hydrogens is 324 g/mol. The Hall–Kier alpha value is -1.41. The molecule has 0 aliphatic carbocycles. The van der Waals surface area contributed by atoms with Gasteiger partial charge < -0.3 is 25.7 Å². The summed E-state index contributed by atoms with van der Waals surface area (Å²) in [7, 11) is -2.19. The van der Waals surface area contributed by atoms with Crippen LogP contribution in [-0.2, 0) is 9.22 Å². The Balaban J connectivity index is 2.72. The largest absolute Gasteiger partial charge is 0.490 e. The predicted molar refractivity (Wildman–Crippen MR) is 97.6 cm³/mol. The van der Waals surface area contributed by atoms with Gasteiger partial charge in [-0.2, -0.15) is 0 Å². The smallest absolute Gasteiger partial charge is 0.335 e. The van der Waals surface area contributed by atoms with E-state index in [-0.39, 0.29) is 17.7 Å². The van der Waals surface area contributed by atoms with E-state index in [0.29, 0.717) is 12.3 Å². The first-order valence-corrected chi connectivity index (χ1v) is 11.0. The number of carboxylic acids is 1. The fraction of sp³-hybridized carbons (Fsp3) is 0.588. The molecule has 136 valence electrons. The van der Waals surface area contributed by atoms with E-state index >= 15 is 0 Å². The highest BCUT2D eigenvalue weighted by Crippen LogP contribution is 2.37. The standard InChI is InChI=1S/C17H30N2O4Si/c1-17(2,3)24(4,5)23-15(16(20)21)11-22-13-8-6-12(7-9-13)14(19)10-18/h6-9,14-15H,10-11,18-19H2,1-5H3,(H,20,21)/t14?,15-/m1/s1. The van der Waals surface area contributed by atoms with E-state index in [1.54, 1.807) is 12.1 Å². The van der Waals surface area contributed by atoms with Gasteiger partial charge >= 0.3 is 5.97 Å². The summed E-state index contributed by atoms with van der Waals surface area (Å²) >= 11 is 0. The van der Waals surface area contributed by atoms with E-state index in [4.69, 9.17) is 20.6 Å². The van der Waals surface area contributed by atoms with Crippen LogP contribution in [-0.4, -0.2) is 38.6 Å². The molecule has 1 rings (SSSR count). The Bertz CT molecular complexity index is 541. The van der Waals surface area contributed by atoms with Gasteiger partial charge in [0, 0.05) is 12.6 Å². The minimum atomic E-state index is -2.19. The molecule has 6 nitrogen and oxygen atoms in total. The van der Waals surface area contributed by atoms with Crippen molar-refractivity contribution >= 4 is 14.3 Å². The van der Waals surface area contributed by atoms with Crippen LogP contribution in [0.1, 0.15) is 32.4 Å². The topological polar surface area (TPSA) is 108 Å². The van der Waals surface area contributed by atoms with Crippen LogP contribution < -0.4 is 16.2 Å². The zero-order chi connectivity index (χ0) is 18.5. The van der Waals surface area contributed by atoms with Crippen molar-refractivity contribution in [1.29, 1.82) is 0 Å². The van der Waals surface area contributed by atoms with Crippen molar-refractivity contribution in [3.63, 3.8) is 0 Å². The van der Waals surface area contributed by atoms with Crippen LogP contribution in [0.3, 0.4) is 0 Å². The van der Waals surface area contributed by atoms with Crippen LogP contribution in [0.4, 0.5) is 0 Å². The number of hydrogen-bond donors (Lipinski definition) is 3. The van der Waals surface area contributed by atoms with Crippen molar-refractivity contribution in [1.82, 2.24) is 0 Å². The second kappa shape index (κ2) is 8.11. The van der Waals surface area contributed by atoms with Crippen LogP contribution in [0.5, 0.6) is 5.75 Å². The number of rotatable bonds is 8. The summed E-state index contributed by atoms with van der Waals surface area (Å²) in [5, 5.41) is 9.35. The lowest BCUT2D eigenvalue weighted by Gasteiger charge is -2.38. The van der Waals surface area contributed by atoms with E-state index in [2.05, 4.69) is 20.8 Å². The van der Waals surface area contributed by atoms with Crippen molar-refractivity contribution in [2.75, 3.05) is 13.2 Å². The molecule has 7 heteroatoms. The fourth-order valence-electron chi connectivity index (χ4n) is 1.81. The molecule has 0 fully saturated rings. The molecule has 1 aromatic rings. The molecule has 0 amide bonds. The van der Waals surface area contributed by atoms with Gasteiger partial charge in [-0.1, -0.05) is 32.9 Å². The molecule has 0 bridgehead atoms. The minimum absolute atomic E-state index is 0.0376. The highest BCUT2D eigenvalue weighted by Gasteiger charge is 2.41. The number of hydrogen-bond acceptors (Lipinski definition) is 5. The average molecular weight is 355 g/mol. The maximum Gasteiger partial charge on any atom is 0.335 e. The van der Waals surface area contributed by atoms with Gasteiger partial charge in [-0.05, 0) is 35.8 Å². The number of benzene rings is 1. The van der Waals surface area contributed by atoms with Gasteiger partial charge in [0.25, 0.3) is 0 Å². The summed E-state index contributed by atoms with van der Waals surface area (Å²) in [5.74, 6) is -0.436. The molecule has 0 aliphatic rings. The fourth-order valence-corrected chi connectivity index (χ4v) is 3.04. The highest BCUT2D eigenvalue weighted by atomic mass is 28.4. The van der Waals surface area contributed by atoms with Crippen LogP contribution in [0.15, 0.2) is 24.3 Å².